The third-order valence-electron chi connectivity index (χ3n) is 7.66. The Morgan fingerprint density at radius 2 is 0.814 bits per heavy atom. The summed E-state index contributed by atoms with van der Waals surface area (Å²) in [5.74, 6) is 0. The minimum absolute atomic E-state index is 0.639. The van der Waals surface area contributed by atoms with E-state index in [0.29, 0.717) is 5.56 Å². The Bertz CT molecular complexity index is 2050. The summed E-state index contributed by atoms with van der Waals surface area (Å²) in [6.45, 7) is 0. The molecule has 1 aromatic heterocycles. The van der Waals surface area contributed by atoms with Gasteiger partial charge in [0.05, 0.1) is 23.4 Å². The van der Waals surface area contributed by atoms with Crippen LogP contribution in [0.3, 0.4) is 0 Å². The Morgan fingerprint density at radius 3 is 1.21 bits per heavy atom. The van der Waals surface area contributed by atoms with E-state index in [2.05, 4.69) is 138 Å². The van der Waals surface area contributed by atoms with Gasteiger partial charge in [0.2, 0.25) is 0 Å². The lowest BCUT2D eigenvalue weighted by Crippen LogP contribution is -1.97. The van der Waals surface area contributed by atoms with Gasteiger partial charge in [0.1, 0.15) is 11.0 Å². The van der Waals surface area contributed by atoms with Gasteiger partial charge in [0, 0.05) is 11.1 Å². The molecule has 0 radical (unpaired) electrons. The van der Waals surface area contributed by atoms with Crippen LogP contribution in [-0.4, -0.2) is 8.75 Å². The lowest BCUT2D eigenvalue weighted by atomic mass is 9.85. The summed E-state index contributed by atoms with van der Waals surface area (Å²) >= 11 is 1.22. The van der Waals surface area contributed by atoms with Gasteiger partial charge < -0.3 is 0 Å². The van der Waals surface area contributed by atoms with Crippen molar-refractivity contribution in [2.45, 2.75) is 0 Å². The van der Waals surface area contributed by atoms with Gasteiger partial charge in [-0.1, -0.05) is 140 Å². The predicted octanol–water partition coefficient (Wildman–Crippen LogP) is 9.90. The van der Waals surface area contributed by atoms with E-state index in [0.717, 1.165) is 44.4 Å². The third-order valence-corrected chi connectivity index (χ3v) is 8.19. The molecule has 0 amide bonds. The summed E-state index contributed by atoms with van der Waals surface area (Å²) in [4.78, 5) is 0. The highest BCUT2D eigenvalue weighted by Crippen LogP contribution is 2.39. The van der Waals surface area contributed by atoms with Crippen LogP contribution in [0.25, 0.3) is 44.4 Å². The highest BCUT2D eigenvalue weighted by molar-refractivity contribution is 7.00. The fraction of sp³-hybridized carbons (Fsp3) is 0. The smallest absolute Gasteiger partial charge is 0.113 e. The van der Waals surface area contributed by atoms with E-state index in [4.69, 9.17) is 4.37 Å². The molecule has 0 aliphatic carbocycles. The predicted molar refractivity (Wildman–Crippen MR) is 177 cm³/mol. The van der Waals surface area contributed by atoms with Crippen molar-refractivity contribution in [2.75, 3.05) is 0 Å². The van der Waals surface area contributed by atoms with E-state index in [1.165, 1.54) is 34.0 Å². The molecule has 0 atom stereocenters. The number of nitrogens with zero attached hydrogens (tertiary/aromatic N) is 3. The number of hydrogen-bond donors (Lipinski definition) is 0. The minimum Gasteiger partial charge on any atom is -0.192 e. The van der Waals surface area contributed by atoms with Crippen LogP contribution in [-0.2, 0) is 0 Å². The van der Waals surface area contributed by atoms with Crippen LogP contribution in [0, 0.1) is 11.3 Å². The van der Waals surface area contributed by atoms with E-state index in [1.54, 1.807) is 0 Å². The molecule has 0 fully saturated rings. The second-order valence-corrected chi connectivity index (χ2v) is 10.8. The zero-order valence-electron chi connectivity index (χ0n) is 23.2. The molecule has 0 N–H and O–H groups in total. The first-order valence-electron chi connectivity index (χ1n) is 14.1. The van der Waals surface area contributed by atoms with Crippen LogP contribution in [0.15, 0.2) is 152 Å². The summed E-state index contributed by atoms with van der Waals surface area (Å²) in [7, 11) is 0. The van der Waals surface area contributed by atoms with E-state index in [-0.39, 0.29) is 0 Å². The average Bonchev–Trinajstić information content (AvgIpc) is 3.59. The van der Waals surface area contributed by atoms with Gasteiger partial charge >= 0.3 is 0 Å². The first kappa shape index (κ1) is 26.3. The summed E-state index contributed by atoms with van der Waals surface area (Å²) in [6.07, 6.45) is 0. The summed E-state index contributed by atoms with van der Waals surface area (Å²) in [5, 5.41) is 9.19. The number of hydrogen-bond acceptors (Lipinski definition) is 4. The SMILES string of the molecule is N#Cc1ccc(-c2ccc(-c3ccc(C(=C(c4ccccc4)c4ccccc4)c4ccccc4)cc3)c3nsnc23)cc1. The van der Waals surface area contributed by atoms with Crippen LogP contribution >= 0.6 is 11.7 Å². The van der Waals surface area contributed by atoms with Crippen molar-refractivity contribution in [2.24, 2.45) is 0 Å². The summed E-state index contributed by atoms with van der Waals surface area (Å²) in [5.41, 5.74) is 13.6. The fourth-order valence-electron chi connectivity index (χ4n) is 5.60. The van der Waals surface area contributed by atoms with Gasteiger partial charge in [-0.2, -0.15) is 14.0 Å². The van der Waals surface area contributed by atoms with Crippen LogP contribution in [0.1, 0.15) is 27.8 Å². The van der Waals surface area contributed by atoms with Gasteiger partial charge in [-0.05, 0) is 56.7 Å². The average molecular weight is 568 g/mol. The van der Waals surface area contributed by atoms with E-state index in [9.17, 15) is 5.26 Å². The number of nitriles is 1. The van der Waals surface area contributed by atoms with Crippen molar-refractivity contribution in [3.05, 3.63) is 179 Å². The maximum Gasteiger partial charge on any atom is 0.113 e. The molecule has 7 aromatic rings. The fourth-order valence-corrected chi connectivity index (χ4v) is 6.17. The zero-order chi connectivity index (χ0) is 29.0. The van der Waals surface area contributed by atoms with Crippen molar-refractivity contribution in [3.8, 4) is 28.3 Å². The molecule has 1 heterocycles. The van der Waals surface area contributed by atoms with Crippen LogP contribution < -0.4 is 0 Å². The number of aromatic nitrogens is 2. The molecule has 202 valence electrons. The number of benzene rings is 6. The Morgan fingerprint density at radius 1 is 0.442 bits per heavy atom. The van der Waals surface area contributed by atoms with Crippen molar-refractivity contribution < 1.29 is 0 Å². The largest absolute Gasteiger partial charge is 0.192 e. The highest BCUT2D eigenvalue weighted by Gasteiger charge is 2.17. The molecule has 0 unspecified atom stereocenters. The Kier molecular flexibility index (Phi) is 7.15. The normalized spacial score (nSPS) is 10.8. The lowest BCUT2D eigenvalue weighted by molar-refractivity contribution is 1.48. The molecule has 7 rings (SSSR count). The molecule has 0 saturated carbocycles. The van der Waals surface area contributed by atoms with E-state index >= 15 is 0 Å². The van der Waals surface area contributed by atoms with Gasteiger partial charge in [0.25, 0.3) is 0 Å². The van der Waals surface area contributed by atoms with Crippen molar-refractivity contribution in [1.29, 1.82) is 5.26 Å². The number of rotatable bonds is 6. The quantitative estimate of drug-likeness (QED) is 0.188. The summed E-state index contributed by atoms with van der Waals surface area (Å²) < 4.78 is 9.35. The Balaban J connectivity index is 1.37. The first-order chi connectivity index (χ1) is 21.3. The molecule has 0 bridgehead atoms. The van der Waals surface area contributed by atoms with Crippen molar-refractivity contribution >= 4 is 33.9 Å². The second-order valence-electron chi connectivity index (χ2n) is 10.2. The third kappa shape index (κ3) is 5.15. The molecule has 0 aliphatic rings. The second kappa shape index (κ2) is 11.7. The zero-order valence-corrected chi connectivity index (χ0v) is 24.0. The molecular formula is C39H25N3S. The van der Waals surface area contributed by atoms with E-state index < -0.39 is 0 Å². The Hall–Kier alpha value is -5.63. The molecule has 0 spiro atoms. The lowest BCUT2D eigenvalue weighted by Gasteiger charge is -2.18. The maximum absolute atomic E-state index is 9.19. The standard InChI is InChI=1S/C39H25N3S/c40-26-27-16-18-28(19-17-27)34-24-25-35(39-38(34)41-43-42-39)29-20-22-33(23-21-29)37(32-14-8-3-9-15-32)36(30-10-4-1-5-11-30)31-12-6-2-7-13-31/h1-25H. The molecule has 3 nitrogen and oxygen atoms in total. The minimum atomic E-state index is 0.639. The molecule has 0 aliphatic heterocycles. The molecule has 6 aromatic carbocycles. The molecular weight excluding hydrogens is 543 g/mol. The van der Waals surface area contributed by atoms with Crippen LogP contribution in [0.2, 0.25) is 0 Å². The van der Waals surface area contributed by atoms with E-state index in [1.807, 2.05) is 24.3 Å². The highest BCUT2D eigenvalue weighted by atomic mass is 32.1. The van der Waals surface area contributed by atoms with Crippen molar-refractivity contribution in [1.82, 2.24) is 8.75 Å². The van der Waals surface area contributed by atoms with Gasteiger partial charge in [-0.15, -0.1) is 0 Å². The van der Waals surface area contributed by atoms with Crippen LogP contribution in [0.5, 0.6) is 0 Å². The monoisotopic (exact) mass is 567 g/mol. The van der Waals surface area contributed by atoms with Crippen molar-refractivity contribution in [3.63, 3.8) is 0 Å². The Labute approximate surface area is 255 Å². The summed E-state index contributed by atoms with van der Waals surface area (Å²) in [6, 6.07) is 54.7. The molecule has 4 heteroatoms. The molecule has 0 saturated heterocycles. The van der Waals surface area contributed by atoms with Gasteiger partial charge in [-0.3, -0.25) is 0 Å². The first-order valence-corrected chi connectivity index (χ1v) is 14.8. The van der Waals surface area contributed by atoms with Gasteiger partial charge in [-0.25, -0.2) is 0 Å². The topological polar surface area (TPSA) is 49.6 Å². The molecule has 43 heavy (non-hydrogen) atoms. The van der Waals surface area contributed by atoms with Crippen LogP contribution in [0.4, 0.5) is 0 Å². The van der Waals surface area contributed by atoms with Gasteiger partial charge in [0.15, 0.2) is 0 Å². The number of fused-ring (bicyclic) bond motifs is 1. The maximum atomic E-state index is 9.19.